The summed E-state index contributed by atoms with van der Waals surface area (Å²) in [6.07, 6.45) is 0. The molecule has 0 fully saturated rings. The number of hydrogen-bond acceptors (Lipinski definition) is 7. The van der Waals surface area contributed by atoms with Gasteiger partial charge in [-0.3, -0.25) is 0 Å². The van der Waals surface area contributed by atoms with E-state index in [1.54, 1.807) is 0 Å². The topological polar surface area (TPSA) is 136 Å². The molecular weight excluding hydrogens is 338 g/mol. The van der Waals surface area contributed by atoms with Gasteiger partial charge < -0.3 is 33.4 Å². The predicted molar refractivity (Wildman–Crippen MR) is 53.8 cm³/mol. The van der Waals surface area contributed by atoms with Crippen LogP contribution in [0.5, 0.6) is 5.75 Å². The zero-order valence-electron chi connectivity index (χ0n) is 8.02. The van der Waals surface area contributed by atoms with Crippen molar-refractivity contribution in [3.8, 4) is 5.75 Å². The van der Waals surface area contributed by atoms with Crippen molar-refractivity contribution in [3.05, 3.63) is 28.7 Å². The van der Waals surface area contributed by atoms with Gasteiger partial charge in [-0.25, -0.2) is 0 Å². The van der Waals surface area contributed by atoms with Crippen LogP contribution in [-0.2, 0) is 9.13 Å². The van der Waals surface area contributed by atoms with Crippen LogP contribution in [-0.4, -0.2) is 5.59 Å². The van der Waals surface area contributed by atoms with Gasteiger partial charge in [0.15, 0.2) is 0 Å². The second kappa shape index (κ2) is 5.20. The van der Waals surface area contributed by atoms with Gasteiger partial charge in [0.05, 0.1) is 0 Å². The Morgan fingerprint density at radius 2 is 1.41 bits per heavy atom. The fraction of sp³-hybridized carbons (Fsp3) is 0.143. The molecule has 0 N–H and O–H groups in total. The Morgan fingerprint density at radius 3 is 1.76 bits per heavy atom. The fourth-order valence-corrected chi connectivity index (χ4v) is 3.09. The van der Waals surface area contributed by atoms with Crippen LogP contribution in [0.2, 0.25) is 0 Å². The third-order valence-electron chi connectivity index (χ3n) is 1.60. The maximum Gasteiger partial charge on any atom is 0.150 e. The van der Waals surface area contributed by atoms with E-state index in [4.69, 9.17) is 0 Å². The van der Waals surface area contributed by atoms with Gasteiger partial charge in [0.1, 0.15) is 11.3 Å². The molecule has 1 rings (SSSR count). The first kappa shape index (κ1) is 14.9. The SMILES string of the molecule is O=P([O-])([O-])C(Oc1ccc(Br)cc1)P(=O)([O-])[O-]. The summed E-state index contributed by atoms with van der Waals surface area (Å²) >= 11 is 3.08. The van der Waals surface area contributed by atoms with Crippen molar-refractivity contribution in [2.45, 2.75) is 5.59 Å². The van der Waals surface area contributed by atoms with E-state index in [1.807, 2.05) is 0 Å². The minimum absolute atomic E-state index is 0.211. The molecule has 0 heterocycles. The highest BCUT2D eigenvalue weighted by Crippen LogP contribution is 2.50. The van der Waals surface area contributed by atoms with Gasteiger partial charge in [0.2, 0.25) is 0 Å². The van der Waals surface area contributed by atoms with Gasteiger partial charge in [0.25, 0.3) is 0 Å². The van der Waals surface area contributed by atoms with Crippen LogP contribution in [0.4, 0.5) is 0 Å². The maximum atomic E-state index is 10.6. The Kier molecular flexibility index (Phi) is 4.54. The van der Waals surface area contributed by atoms with Crippen molar-refractivity contribution in [1.82, 2.24) is 0 Å². The van der Waals surface area contributed by atoms with Crippen LogP contribution >= 0.6 is 31.1 Å². The van der Waals surface area contributed by atoms with Crippen molar-refractivity contribution >= 4 is 31.1 Å². The molecule has 0 saturated heterocycles. The van der Waals surface area contributed by atoms with E-state index in [0.717, 1.165) is 0 Å². The van der Waals surface area contributed by atoms with E-state index < -0.39 is 20.8 Å². The van der Waals surface area contributed by atoms with Crippen LogP contribution in [0.3, 0.4) is 0 Å². The monoisotopic (exact) mass is 342 g/mol. The summed E-state index contributed by atoms with van der Waals surface area (Å²) in [5, 5.41) is 0. The van der Waals surface area contributed by atoms with Crippen LogP contribution in [0, 0.1) is 0 Å². The van der Waals surface area contributed by atoms with E-state index in [0.29, 0.717) is 4.47 Å². The molecule has 0 spiro atoms. The molecule has 0 atom stereocenters. The van der Waals surface area contributed by atoms with Crippen molar-refractivity contribution in [2.75, 3.05) is 0 Å². The molecule has 0 radical (unpaired) electrons. The van der Waals surface area contributed by atoms with Crippen molar-refractivity contribution < 1.29 is 33.4 Å². The van der Waals surface area contributed by atoms with Crippen LogP contribution < -0.4 is 24.3 Å². The molecule has 0 unspecified atom stereocenters. The van der Waals surface area contributed by atoms with Gasteiger partial charge in [-0.1, -0.05) is 15.9 Å². The quantitative estimate of drug-likeness (QED) is 0.636. The highest BCUT2D eigenvalue weighted by molar-refractivity contribution is 9.10. The Balaban J connectivity index is 3.00. The van der Waals surface area contributed by atoms with Crippen LogP contribution in [0.1, 0.15) is 0 Å². The highest BCUT2D eigenvalue weighted by Gasteiger charge is 2.19. The molecule has 0 amide bonds. The number of halogens is 1. The van der Waals surface area contributed by atoms with Gasteiger partial charge in [-0.2, -0.15) is 0 Å². The normalized spacial score (nSPS) is 12.8. The molecule has 96 valence electrons. The van der Waals surface area contributed by atoms with Crippen molar-refractivity contribution in [3.63, 3.8) is 0 Å². The predicted octanol–water partition coefficient (Wildman–Crippen LogP) is -1.06. The third-order valence-corrected chi connectivity index (χ3v) is 5.11. The summed E-state index contributed by atoms with van der Waals surface area (Å²) in [6.45, 7) is 0. The maximum absolute atomic E-state index is 10.6. The highest BCUT2D eigenvalue weighted by atomic mass is 79.9. The Labute approximate surface area is 105 Å². The molecule has 17 heavy (non-hydrogen) atoms. The number of benzene rings is 1. The fourth-order valence-electron chi connectivity index (χ4n) is 0.937. The largest absolute Gasteiger partial charge is 0.808 e. The summed E-state index contributed by atoms with van der Waals surface area (Å²) in [6, 6.07) is 5.27. The lowest BCUT2D eigenvalue weighted by molar-refractivity contribution is -0.336. The second-order valence-corrected chi connectivity index (χ2v) is 7.40. The van der Waals surface area contributed by atoms with E-state index in [-0.39, 0.29) is 5.75 Å². The zero-order chi connectivity index (χ0) is 13.3. The standard InChI is InChI=1S/C7H9BrO7P2/c8-5-1-3-6(4-2-5)15-7(16(9,10)11)17(12,13)14/h1-4,7H,(H2,9,10,11)(H2,12,13,14)/p-4. The van der Waals surface area contributed by atoms with E-state index in [1.165, 1.54) is 24.3 Å². The summed E-state index contributed by atoms with van der Waals surface area (Å²) in [7, 11) is -11.4. The van der Waals surface area contributed by atoms with E-state index in [2.05, 4.69) is 20.7 Å². The third kappa shape index (κ3) is 4.52. The lowest BCUT2D eigenvalue weighted by atomic mass is 10.3. The van der Waals surface area contributed by atoms with Crippen LogP contribution in [0.15, 0.2) is 28.7 Å². The summed E-state index contributed by atoms with van der Waals surface area (Å²) < 4.78 is 26.3. The Hall–Kier alpha value is -0.200. The summed E-state index contributed by atoms with van der Waals surface area (Å²) in [5.41, 5.74) is -2.93. The van der Waals surface area contributed by atoms with Crippen LogP contribution in [0.25, 0.3) is 0 Å². The summed E-state index contributed by atoms with van der Waals surface area (Å²) in [5.74, 6) is -0.211. The van der Waals surface area contributed by atoms with Gasteiger partial charge in [0, 0.05) is 4.47 Å². The molecule has 0 saturated carbocycles. The number of rotatable bonds is 4. The first-order valence-electron chi connectivity index (χ1n) is 4.06. The van der Waals surface area contributed by atoms with Crippen molar-refractivity contribution in [2.24, 2.45) is 0 Å². The molecular formula is C7H5BrO7P2-4. The second-order valence-electron chi connectivity index (χ2n) is 2.98. The molecule has 0 aromatic heterocycles. The van der Waals surface area contributed by atoms with Crippen molar-refractivity contribution in [1.29, 1.82) is 0 Å². The van der Waals surface area contributed by atoms with E-state index >= 15 is 0 Å². The minimum atomic E-state index is -5.70. The number of ether oxygens (including phenoxy) is 1. The molecule has 0 aliphatic heterocycles. The average molecular weight is 343 g/mol. The molecule has 0 bridgehead atoms. The summed E-state index contributed by atoms with van der Waals surface area (Å²) in [4.78, 5) is 42.5. The van der Waals surface area contributed by atoms with E-state index in [9.17, 15) is 28.7 Å². The molecule has 1 aromatic rings. The molecule has 1 aromatic carbocycles. The zero-order valence-corrected chi connectivity index (χ0v) is 11.4. The Bertz CT molecular complexity index is 454. The smallest absolute Gasteiger partial charge is 0.150 e. The first-order chi connectivity index (χ1) is 7.60. The molecule has 0 aliphatic rings. The molecule has 10 heteroatoms. The van der Waals surface area contributed by atoms with Gasteiger partial charge in [-0.05, 0) is 39.5 Å². The van der Waals surface area contributed by atoms with Gasteiger partial charge in [-0.15, -0.1) is 0 Å². The first-order valence-corrected chi connectivity index (χ1v) is 8.08. The Morgan fingerprint density at radius 1 is 1.00 bits per heavy atom. The molecule has 0 aliphatic carbocycles. The van der Waals surface area contributed by atoms with Gasteiger partial charge >= 0.3 is 0 Å². The minimum Gasteiger partial charge on any atom is -0.808 e. The lowest BCUT2D eigenvalue weighted by Gasteiger charge is -2.48. The number of hydrogen-bond donors (Lipinski definition) is 0. The average Bonchev–Trinajstić information content (AvgIpc) is 2.13. The lowest BCUT2D eigenvalue weighted by Crippen LogP contribution is -2.37. The molecule has 7 nitrogen and oxygen atoms in total.